The van der Waals surface area contributed by atoms with Gasteiger partial charge in [-0.2, -0.15) is 0 Å². The van der Waals surface area contributed by atoms with Crippen LogP contribution in [0, 0.1) is 17.0 Å². The van der Waals surface area contributed by atoms with Crippen molar-refractivity contribution in [2.75, 3.05) is 46.2 Å². The Bertz CT molecular complexity index is 461. The number of hydrogen-bond donors (Lipinski definition) is 0. The predicted molar refractivity (Wildman–Crippen MR) is 76.2 cm³/mol. The standard InChI is InChI=1S/C13H21N3O3/c1-10-8-12(16(17)18)11(9-13(10)19-5)15(4)7-6-14(2)3/h8-9H,6-7H2,1-5H3. The van der Waals surface area contributed by atoms with Crippen molar-refractivity contribution in [3.63, 3.8) is 0 Å². The highest BCUT2D eigenvalue weighted by molar-refractivity contribution is 5.67. The minimum absolute atomic E-state index is 0.111. The van der Waals surface area contributed by atoms with E-state index in [-0.39, 0.29) is 10.6 Å². The summed E-state index contributed by atoms with van der Waals surface area (Å²) < 4.78 is 5.24. The van der Waals surface area contributed by atoms with E-state index < -0.39 is 0 Å². The largest absolute Gasteiger partial charge is 0.496 e. The summed E-state index contributed by atoms with van der Waals surface area (Å²) in [5.74, 6) is 0.664. The second-order valence-electron chi connectivity index (χ2n) is 4.79. The Labute approximate surface area is 113 Å². The van der Waals surface area contributed by atoms with Crippen LogP contribution < -0.4 is 9.64 Å². The molecule has 6 nitrogen and oxygen atoms in total. The summed E-state index contributed by atoms with van der Waals surface area (Å²) in [6.45, 7) is 3.33. The molecule has 0 spiro atoms. The summed E-state index contributed by atoms with van der Waals surface area (Å²) in [5, 5.41) is 11.1. The number of nitrogens with zero attached hydrogens (tertiary/aromatic N) is 3. The van der Waals surface area contributed by atoms with Crippen LogP contribution in [-0.4, -0.2) is 51.2 Å². The molecule has 0 fully saturated rings. The van der Waals surface area contributed by atoms with Gasteiger partial charge in [-0.05, 0) is 26.6 Å². The Morgan fingerprint density at radius 3 is 2.37 bits per heavy atom. The number of likely N-dealkylation sites (N-methyl/N-ethyl adjacent to an activating group) is 2. The third kappa shape index (κ3) is 3.82. The summed E-state index contributed by atoms with van der Waals surface area (Å²) in [4.78, 5) is 14.7. The van der Waals surface area contributed by atoms with Crippen molar-refractivity contribution < 1.29 is 9.66 Å². The molecule has 0 bridgehead atoms. The van der Waals surface area contributed by atoms with E-state index in [0.29, 0.717) is 18.0 Å². The highest BCUT2D eigenvalue weighted by Crippen LogP contribution is 2.34. The summed E-state index contributed by atoms with van der Waals surface area (Å²) >= 11 is 0. The van der Waals surface area contributed by atoms with E-state index >= 15 is 0 Å². The lowest BCUT2D eigenvalue weighted by Gasteiger charge is -2.22. The van der Waals surface area contributed by atoms with E-state index in [0.717, 1.165) is 12.1 Å². The van der Waals surface area contributed by atoms with Crippen molar-refractivity contribution in [1.29, 1.82) is 0 Å². The number of anilines is 1. The van der Waals surface area contributed by atoms with Crippen molar-refractivity contribution >= 4 is 11.4 Å². The van der Waals surface area contributed by atoms with Gasteiger partial charge in [0.1, 0.15) is 11.4 Å². The molecule has 0 saturated carbocycles. The molecule has 0 heterocycles. The third-order valence-corrected chi connectivity index (χ3v) is 2.98. The lowest BCUT2D eigenvalue weighted by Crippen LogP contribution is -2.28. The van der Waals surface area contributed by atoms with E-state index in [1.807, 2.05) is 30.9 Å². The summed E-state index contributed by atoms with van der Waals surface area (Å²) in [7, 11) is 7.36. The Kier molecular flexibility index (Phi) is 5.11. The lowest BCUT2D eigenvalue weighted by molar-refractivity contribution is -0.384. The van der Waals surface area contributed by atoms with Crippen LogP contribution in [0.15, 0.2) is 12.1 Å². The molecule has 1 aromatic rings. The third-order valence-electron chi connectivity index (χ3n) is 2.98. The number of methoxy groups -OCH3 is 1. The van der Waals surface area contributed by atoms with Crippen molar-refractivity contribution in [2.24, 2.45) is 0 Å². The van der Waals surface area contributed by atoms with Gasteiger partial charge in [-0.25, -0.2) is 0 Å². The molecule has 106 valence electrons. The van der Waals surface area contributed by atoms with Crippen LogP contribution in [0.2, 0.25) is 0 Å². The smallest absolute Gasteiger partial charge is 0.293 e. The molecule has 0 radical (unpaired) electrons. The van der Waals surface area contributed by atoms with Crippen molar-refractivity contribution in [1.82, 2.24) is 4.90 Å². The fraction of sp³-hybridized carbons (Fsp3) is 0.538. The molecule has 0 aliphatic heterocycles. The molecule has 0 saturated heterocycles. The van der Waals surface area contributed by atoms with Gasteiger partial charge in [-0.3, -0.25) is 10.1 Å². The number of aryl methyl sites for hydroxylation is 1. The Morgan fingerprint density at radius 1 is 1.26 bits per heavy atom. The number of ether oxygens (including phenoxy) is 1. The van der Waals surface area contributed by atoms with Crippen LogP contribution in [0.4, 0.5) is 11.4 Å². The number of rotatable bonds is 6. The van der Waals surface area contributed by atoms with Crippen LogP contribution in [-0.2, 0) is 0 Å². The zero-order valence-corrected chi connectivity index (χ0v) is 12.1. The zero-order chi connectivity index (χ0) is 14.6. The first-order valence-corrected chi connectivity index (χ1v) is 6.05. The second-order valence-corrected chi connectivity index (χ2v) is 4.79. The average Bonchev–Trinajstić information content (AvgIpc) is 2.35. The molecule has 0 aliphatic carbocycles. The van der Waals surface area contributed by atoms with Crippen molar-refractivity contribution in [3.8, 4) is 5.75 Å². The first-order chi connectivity index (χ1) is 8.86. The van der Waals surface area contributed by atoms with Gasteiger partial charge < -0.3 is 14.5 Å². The SMILES string of the molecule is COc1cc(N(C)CCN(C)C)c([N+](=O)[O-])cc1C. The lowest BCUT2D eigenvalue weighted by atomic mass is 10.1. The van der Waals surface area contributed by atoms with E-state index in [1.54, 1.807) is 26.2 Å². The summed E-state index contributed by atoms with van der Waals surface area (Å²) in [6.07, 6.45) is 0. The number of nitro benzene ring substituents is 1. The molecule has 0 atom stereocenters. The van der Waals surface area contributed by atoms with Gasteiger partial charge in [0.15, 0.2) is 0 Å². The van der Waals surface area contributed by atoms with E-state index in [9.17, 15) is 10.1 Å². The first-order valence-electron chi connectivity index (χ1n) is 6.05. The molecular formula is C13H21N3O3. The maximum absolute atomic E-state index is 11.1. The van der Waals surface area contributed by atoms with Crippen LogP contribution in [0.3, 0.4) is 0 Å². The monoisotopic (exact) mass is 267 g/mol. The topological polar surface area (TPSA) is 58.8 Å². The summed E-state index contributed by atoms with van der Waals surface area (Å²) in [6, 6.07) is 3.28. The Hall–Kier alpha value is -1.82. The fourth-order valence-corrected chi connectivity index (χ4v) is 1.80. The van der Waals surface area contributed by atoms with Gasteiger partial charge >= 0.3 is 0 Å². The highest BCUT2D eigenvalue weighted by atomic mass is 16.6. The molecular weight excluding hydrogens is 246 g/mol. The van der Waals surface area contributed by atoms with Gasteiger partial charge in [0.05, 0.1) is 12.0 Å². The van der Waals surface area contributed by atoms with Gasteiger partial charge in [-0.15, -0.1) is 0 Å². The zero-order valence-electron chi connectivity index (χ0n) is 12.1. The molecule has 0 aromatic heterocycles. The molecule has 0 unspecified atom stereocenters. The van der Waals surface area contributed by atoms with Crippen LogP contribution >= 0.6 is 0 Å². The maximum atomic E-state index is 11.1. The van der Waals surface area contributed by atoms with Gasteiger partial charge in [-0.1, -0.05) is 0 Å². The normalized spacial score (nSPS) is 10.6. The highest BCUT2D eigenvalue weighted by Gasteiger charge is 2.20. The molecule has 1 aromatic carbocycles. The van der Waals surface area contributed by atoms with Gasteiger partial charge in [0.2, 0.25) is 0 Å². The molecule has 1 rings (SSSR count). The quantitative estimate of drug-likeness (QED) is 0.582. The molecule has 0 N–H and O–H groups in total. The van der Waals surface area contributed by atoms with Gasteiger partial charge in [0, 0.05) is 32.3 Å². The van der Waals surface area contributed by atoms with Crippen LogP contribution in [0.25, 0.3) is 0 Å². The summed E-state index contributed by atoms with van der Waals surface area (Å²) in [5.41, 5.74) is 1.45. The maximum Gasteiger partial charge on any atom is 0.293 e. The van der Waals surface area contributed by atoms with E-state index in [4.69, 9.17) is 4.74 Å². The van der Waals surface area contributed by atoms with Crippen molar-refractivity contribution in [2.45, 2.75) is 6.92 Å². The number of hydrogen-bond acceptors (Lipinski definition) is 5. The molecule has 0 aliphatic rings. The molecule has 0 amide bonds. The predicted octanol–water partition coefficient (Wildman–Crippen LogP) is 1.91. The van der Waals surface area contributed by atoms with Gasteiger partial charge in [0.25, 0.3) is 5.69 Å². The van der Waals surface area contributed by atoms with E-state index in [1.165, 1.54) is 0 Å². The number of benzene rings is 1. The Balaban J connectivity index is 3.12. The average molecular weight is 267 g/mol. The minimum Gasteiger partial charge on any atom is -0.496 e. The Morgan fingerprint density at radius 2 is 1.89 bits per heavy atom. The first kappa shape index (κ1) is 15.2. The number of nitro groups is 1. The van der Waals surface area contributed by atoms with Crippen LogP contribution in [0.5, 0.6) is 5.75 Å². The van der Waals surface area contributed by atoms with Crippen molar-refractivity contribution in [3.05, 3.63) is 27.8 Å². The molecule has 6 heteroatoms. The minimum atomic E-state index is -0.353. The second kappa shape index (κ2) is 6.38. The molecule has 19 heavy (non-hydrogen) atoms. The van der Waals surface area contributed by atoms with Crippen LogP contribution in [0.1, 0.15) is 5.56 Å². The fourth-order valence-electron chi connectivity index (χ4n) is 1.80. The van der Waals surface area contributed by atoms with E-state index in [2.05, 4.69) is 0 Å².